The van der Waals surface area contributed by atoms with Gasteiger partial charge in [-0.05, 0) is 27.2 Å². The Labute approximate surface area is 78.4 Å². The van der Waals surface area contributed by atoms with E-state index in [1.54, 1.807) is 0 Å². The Kier molecular flexibility index (Phi) is 5.03. The molecule has 0 bridgehead atoms. The molecular weight excluding hydrogens is 170 g/mol. The molecule has 0 saturated heterocycles. The number of amides is 1. The first-order valence-corrected chi connectivity index (χ1v) is 4.26. The van der Waals surface area contributed by atoms with E-state index < -0.39 is 11.7 Å². The average molecular weight is 187 g/mol. The number of hydrogen-bond donors (Lipinski definition) is 2. The smallest absolute Gasteiger partial charge is 0.407 e. The van der Waals surface area contributed by atoms with Crippen molar-refractivity contribution in [1.82, 2.24) is 5.32 Å². The normalized spacial score (nSPS) is 10.7. The first kappa shape index (κ1) is 11.9. The van der Waals surface area contributed by atoms with Crippen LogP contribution in [0.2, 0.25) is 0 Å². The van der Waals surface area contributed by atoms with E-state index in [4.69, 9.17) is 10.3 Å². The summed E-state index contributed by atoms with van der Waals surface area (Å²) in [5.74, 6) is 0. The number of carbonyl (C=O) groups is 1. The number of carbonyl (C=O) groups excluding carboxylic acids is 1. The number of rotatable bonds is 4. The lowest BCUT2D eigenvalue weighted by molar-refractivity contribution is 0.0527. The fourth-order valence-corrected chi connectivity index (χ4v) is 0.663. The van der Waals surface area contributed by atoms with Gasteiger partial charge in [0.1, 0.15) is 5.60 Å². The van der Waals surface area contributed by atoms with Crippen LogP contribution in [0.25, 0.3) is 0 Å². The van der Waals surface area contributed by atoms with E-state index in [0.717, 1.165) is 0 Å². The van der Waals surface area contributed by atoms with Crippen molar-refractivity contribution < 1.29 is 9.53 Å². The van der Waals surface area contributed by atoms with Gasteiger partial charge in [0.05, 0.1) is 6.54 Å². The maximum Gasteiger partial charge on any atom is 0.407 e. The molecule has 0 aromatic rings. The molecule has 0 spiro atoms. The van der Waals surface area contributed by atoms with Crippen molar-refractivity contribution in [2.75, 3.05) is 13.1 Å². The molecule has 0 aromatic heterocycles. The van der Waals surface area contributed by atoms with Gasteiger partial charge >= 0.3 is 6.09 Å². The summed E-state index contributed by atoms with van der Waals surface area (Å²) in [5, 5.41) is 5.73. The Morgan fingerprint density at radius 3 is 2.62 bits per heavy atom. The second-order valence-electron chi connectivity index (χ2n) is 3.66. The van der Waals surface area contributed by atoms with Gasteiger partial charge in [0.25, 0.3) is 0 Å². The van der Waals surface area contributed by atoms with Crippen LogP contribution < -0.4 is 5.32 Å². The van der Waals surface area contributed by atoms with E-state index in [-0.39, 0.29) is 0 Å². The summed E-state index contributed by atoms with van der Waals surface area (Å²) in [6.07, 6.45) is 0.250. The molecule has 2 N–H and O–H groups in total. The zero-order chi connectivity index (χ0) is 10.3. The van der Waals surface area contributed by atoms with Crippen LogP contribution in [-0.2, 0) is 4.74 Å². The van der Waals surface area contributed by atoms with Gasteiger partial charge in [-0.15, -0.1) is 0 Å². The van der Waals surface area contributed by atoms with Crippen molar-refractivity contribution in [1.29, 1.82) is 5.53 Å². The second-order valence-corrected chi connectivity index (χ2v) is 3.66. The van der Waals surface area contributed by atoms with E-state index in [9.17, 15) is 4.79 Å². The molecule has 0 heterocycles. The molecule has 0 aliphatic heterocycles. The Morgan fingerprint density at radius 1 is 1.54 bits per heavy atom. The van der Waals surface area contributed by atoms with Gasteiger partial charge in [-0.2, -0.15) is 5.11 Å². The molecule has 5 nitrogen and oxygen atoms in total. The number of nitrogens with zero attached hydrogens (tertiary/aromatic N) is 1. The quantitative estimate of drug-likeness (QED) is 0.521. The summed E-state index contributed by atoms with van der Waals surface area (Å²) in [6, 6.07) is 0. The van der Waals surface area contributed by atoms with Crippen LogP contribution in [0.4, 0.5) is 4.79 Å². The predicted octanol–water partition coefficient (Wildman–Crippen LogP) is 1.93. The third-order valence-electron chi connectivity index (χ3n) is 1.11. The van der Waals surface area contributed by atoms with Gasteiger partial charge in [0.2, 0.25) is 0 Å². The molecule has 0 atom stereocenters. The van der Waals surface area contributed by atoms with Crippen molar-refractivity contribution >= 4 is 6.09 Å². The van der Waals surface area contributed by atoms with E-state index in [2.05, 4.69) is 10.4 Å². The van der Waals surface area contributed by atoms with Crippen LogP contribution in [0.15, 0.2) is 5.11 Å². The lowest BCUT2D eigenvalue weighted by Crippen LogP contribution is -2.33. The fraction of sp³-hybridized carbons (Fsp3) is 0.875. The summed E-state index contributed by atoms with van der Waals surface area (Å²) in [5.41, 5.74) is 6.06. The number of ether oxygens (including phenoxy) is 1. The number of nitrogens with one attached hydrogen (secondary N) is 2. The maximum absolute atomic E-state index is 11.0. The zero-order valence-electron chi connectivity index (χ0n) is 8.39. The van der Waals surface area contributed by atoms with Gasteiger partial charge in [0, 0.05) is 6.54 Å². The number of hydrogen-bond acceptors (Lipinski definition) is 4. The van der Waals surface area contributed by atoms with E-state index >= 15 is 0 Å². The van der Waals surface area contributed by atoms with Crippen molar-refractivity contribution in [3.8, 4) is 0 Å². The first-order valence-electron chi connectivity index (χ1n) is 4.26. The molecule has 5 heteroatoms. The van der Waals surface area contributed by atoms with Crippen molar-refractivity contribution in [2.24, 2.45) is 5.11 Å². The number of alkyl carbamates (subject to hydrolysis) is 1. The van der Waals surface area contributed by atoms with Crippen molar-refractivity contribution in [2.45, 2.75) is 32.8 Å². The van der Waals surface area contributed by atoms with Crippen LogP contribution in [0.1, 0.15) is 27.2 Å². The van der Waals surface area contributed by atoms with Crippen LogP contribution >= 0.6 is 0 Å². The van der Waals surface area contributed by atoms with Crippen LogP contribution in [-0.4, -0.2) is 24.8 Å². The summed E-state index contributed by atoms with van der Waals surface area (Å²) >= 11 is 0. The molecule has 0 aliphatic rings. The second kappa shape index (κ2) is 5.50. The third kappa shape index (κ3) is 8.78. The summed E-state index contributed by atoms with van der Waals surface area (Å²) in [6.45, 7) is 6.37. The van der Waals surface area contributed by atoms with Gasteiger partial charge in [-0.1, -0.05) is 0 Å². The van der Waals surface area contributed by atoms with Gasteiger partial charge in [-0.3, -0.25) is 0 Å². The van der Waals surface area contributed by atoms with Gasteiger partial charge in [0.15, 0.2) is 0 Å². The molecule has 0 fully saturated rings. The Morgan fingerprint density at radius 2 is 2.15 bits per heavy atom. The fourth-order valence-electron chi connectivity index (χ4n) is 0.663. The Bertz CT molecular complexity index is 175. The average Bonchev–Trinajstić information content (AvgIpc) is 1.94. The molecule has 0 aliphatic carbocycles. The van der Waals surface area contributed by atoms with Crippen LogP contribution in [0, 0.1) is 5.53 Å². The molecule has 0 radical (unpaired) electrons. The molecule has 1 amide bonds. The van der Waals surface area contributed by atoms with Crippen LogP contribution in [0.3, 0.4) is 0 Å². The SMILES string of the molecule is CC(C)(C)OC(=O)NCCCN=N. The molecule has 13 heavy (non-hydrogen) atoms. The molecule has 0 rings (SSSR count). The minimum atomic E-state index is -0.454. The molecule has 0 aromatic carbocycles. The Balaban J connectivity index is 3.47. The summed E-state index contributed by atoms with van der Waals surface area (Å²) < 4.78 is 4.99. The molecule has 0 unspecified atom stereocenters. The van der Waals surface area contributed by atoms with Crippen LogP contribution in [0.5, 0.6) is 0 Å². The molecular formula is C8H17N3O2. The predicted molar refractivity (Wildman–Crippen MR) is 48.9 cm³/mol. The lowest BCUT2D eigenvalue weighted by Gasteiger charge is -2.19. The minimum Gasteiger partial charge on any atom is -0.444 e. The molecule has 0 saturated carbocycles. The zero-order valence-corrected chi connectivity index (χ0v) is 8.39. The van der Waals surface area contributed by atoms with E-state index in [1.165, 1.54) is 0 Å². The van der Waals surface area contributed by atoms with Crippen molar-refractivity contribution in [3.63, 3.8) is 0 Å². The minimum absolute atomic E-state index is 0.419. The van der Waals surface area contributed by atoms with E-state index in [0.29, 0.717) is 19.5 Å². The van der Waals surface area contributed by atoms with E-state index in [1.807, 2.05) is 20.8 Å². The highest BCUT2D eigenvalue weighted by Gasteiger charge is 2.15. The highest BCUT2D eigenvalue weighted by molar-refractivity contribution is 5.67. The largest absolute Gasteiger partial charge is 0.444 e. The monoisotopic (exact) mass is 187 g/mol. The highest BCUT2D eigenvalue weighted by Crippen LogP contribution is 2.06. The van der Waals surface area contributed by atoms with Gasteiger partial charge < -0.3 is 10.1 Å². The maximum atomic E-state index is 11.0. The topological polar surface area (TPSA) is 74.5 Å². The highest BCUT2D eigenvalue weighted by atomic mass is 16.6. The third-order valence-corrected chi connectivity index (χ3v) is 1.11. The standard InChI is InChI=1S/C8H17N3O2/c1-8(2,3)13-7(12)10-5-4-6-11-9/h9H,4-6H2,1-3H3,(H,10,12). The Hall–Kier alpha value is -1.13. The first-order chi connectivity index (χ1) is 5.95. The summed E-state index contributed by atoms with van der Waals surface area (Å²) in [7, 11) is 0. The lowest BCUT2D eigenvalue weighted by atomic mass is 10.2. The molecule has 76 valence electrons. The summed E-state index contributed by atoms with van der Waals surface area (Å²) in [4.78, 5) is 11.0. The van der Waals surface area contributed by atoms with Gasteiger partial charge in [-0.25, -0.2) is 10.3 Å². The van der Waals surface area contributed by atoms with Crippen molar-refractivity contribution in [3.05, 3.63) is 0 Å².